The van der Waals surface area contributed by atoms with Gasteiger partial charge >= 0.3 is 0 Å². The maximum atomic E-state index is 5.61. The average molecular weight is 168 g/mol. The molecule has 12 heavy (non-hydrogen) atoms. The van der Waals surface area contributed by atoms with Crippen LogP contribution in [0.2, 0.25) is 0 Å². The van der Waals surface area contributed by atoms with Crippen molar-refractivity contribution in [2.45, 2.75) is 45.1 Å². The summed E-state index contributed by atoms with van der Waals surface area (Å²) in [6.45, 7) is 6.66. The van der Waals surface area contributed by atoms with Gasteiger partial charge in [0.05, 0.1) is 12.7 Å². The van der Waals surface area contributed by atoms with Gasteiger partial charge in [0.1, 0.15) is 0 Å². The predicted molar refractivity (Wildman–Crippen MR) is 52.2 cm³/mol. The largest absolute Gasteiger partial charge is 0.374 e. The number of rotatable bonds is 4. The number of hydrogen-bond acceptors (Lipinski definition) is 1. The van der Waals surface area contributed by atoms with E-state index in [2.05, 4.69) is 13.5 Å². The van der Waals surface area contributed by atoms with Gasteiger partial charge < -0.3 is 4.74 Å². The molecule has 0 aromatic heterocycles. The smallest absolute Gasteiger partial charge is 0.0648 e. The zero-order chi connectivity index (χ0) is 8.81. The molecule has 0 atom stereocenters. The van der Waals surface area contributed by atoms with Crippen LogP contribution in [0.3, 0.4) is 0 Å². The van der Waals surface area contributed by atoms with Crippen LogP contribution in [0.4, 0.5) is 0 Å². The Kier molecular flexibility index (Phi) is 4.37. The highest BCUT2D eigenvalue weighted by Gasteiger charge is 2.19. The normalized spacial score (nSPS) is 30.1. The standard InChI is InChI=1S/C11H20O/c1-3-9-12-11-7-5-10(4-2)6-8-11/h3,10-11H,1,4-9H2,2H3. The van der Waals surface area contributed by atoms with Gasteiger partial charge in [-0.2, -0.15) is 0 Å². The monoisotopic (exact) mass is 168 g/mol. The van der Waals surface area contributed by atoms with Crippen molar-refractivity contribution in [2.75, 3.05) is 6.61 Å². The van der Waals surface area contributed by atoms with Crippen molar-refractivity contribution in [3.05, 3.63) is 12.7 Å². The zero-order valence-corrected chi connectivity index (χ0v) is 8.09. The fraction of sp³-hybridized carbons (Fsp3) is 0.818. The molecule has 1 fully saturated rings. The molecule has 0 aromatic carbocycles. The Morgan fingerprint density at radius 2 is 2.00 bits per heavy atom. The Morgan fingerprint density at radius 3 is 2.50 bits per heavy atom. The molecule has 0 aliphatic heterocycles. The summed E-state index contributed by atoms with van der Waals surface area (Å²) in [5.74, 6) is 0.966. The third kappa shape index (κ3) is 2.98. The van der Waals surface area contributed by atoms with Crippen LogP contribution in [-0.4, -0.2) is 12.7 Å². The average Bonchev–Trinajstić information content (AvgIpc) is 2.15. The molecule has 0 aromatic rings. The highest BCUT2D eigenvalue weighted by Crippen LogP contribution is 2.27. The second kappa shape index (κ2) is 5.36. The van der Waals surface area contributed by atoms with Crippen LogP contribution in [0.15, 0.2) is 12.7 Å². The molecular weight excluding hydrogens is 148 g/mol. The zero-order valence-electron chi connectivity index (χ0n) is 8.09. The lowest BCUT2D eigenvalue weighted by molar-refractivity contribution is 0.0343. The molecule has 1 heteroatoms. The second-order valence-corrected chi connectivity index (χ2v) is 3.67. The molecule has 1 aliphatic carbocycles. The molecule has 0 heterocycles. The van der Waals surface area contributed by atoms with E-state index in [1.54, 1.807) is 0 Å². The van der Waals surface area contributed by atoms with E-state index in [1.165, 1.54) is 32.1 Å². The van der Waals surface area contributed by atoms with E-state index >= 15 is 0 Å². The molecule has 1 rings (SSSR count). The van der Waals surface area contributed by atoms with Crippen molar-refractivity contribution in [1.29, 1.82) is 0 Å². The van der Waals surface area contributed by atoms with E-state index in [0.29, 0.717) is 6.10 Å². The van der Waals surface area contributed by atoms with E-state index in [4.69, 9.17) is 4.74 Å². The summed E-state index contributed by atoms with van der Waals surface area (Å²) in [6.07, 6.45) is 8.93. The quantitative estimate of drug-likeness (QED) is 0.586. The van der Waals surface area contributed by atoms with Crippen molar-refractivity contribution in [1.82, 2.24) is 0 Å². The van der Waals surface area contributed by atoms with Crippen molar-refractivity contribution >= 4 is 0 Å². The molecular formula is C11H20O. The lowest BCUT2D eigenvalue weighted by Gasteiger charge is -2.27. The maximum Gasteiger partial charge on any atom is 0.0648 e. The Bertz CT molecular complexity index is 123. The van der Waals surface area contributed by atoms with Crippen molar-refractivity contribution in [3.8, 4) is 0 Å². The first-order valence-electron chi connectivity index (χ1n) is 5.09. The Balaban J connectivity index is 2.12. The minimum atomic E-state index is 0.519. The fourth-order valence-corrected chi connectivity index (χ4v) is 1.91. The molecule has 1 saturated carbocycles. The summed E-state index contributed by atoms with van der Waals surface area (Å²) in [4.78, 5) is 0. The molecule has 0 bridgehead atoms. The van der Waals surface area contributed by atoms with Crippen LogP contribution < -0.4 is 0 Å². The first-order chi connectivity index (χ1) is 5.86. The van der Waals surface area contributed by atoms with Crippen molar-refractivity contribution in [3.63, 3.8) is 0 Å². The van der Waals surface area contributed by atoms with Crippen LogP contribution in [-0.2, 0) is 4.74 Å². The van der Waals surface area contributed by atoms with Gasteiger partial charge in [-0.15, -0.1) is 6.58 Å². The lowest BCUT2D eigenvalue weighted by Crippen LogP contribution is -2.21. The third-order valence-corrected chi connectivity index (χ3v) is 2.82. The van der Waals surface area contributed by atoms with Crippen LogP contribution >= 0.6 is 0 Å². The highest BCUT2D eigenvalue weighted by atomic mass is 16.5. The molecule has 70 valence electrons. The van der Waals surface area contributed by atoms with Gasteiger partial charge in [-0.1, -0.05) is 19.4 Å². The van der Waals surface area contributed by atoms with Gasteiger partial charge in [0.15, 0.2) is 0 Å². The first kappa shape index (κ1) is 9.79. The van der Waals surface area contributed by atoms with Gasteiger partial charge in [-0.3, -0.25) is 0 Å². The second-order valence-electron chi connectivity index (χ2n) is 3.67. The molecule has 1 aliphatic rings. The molecule has 0 radical (unpaired) electrons. The Hall–Kier alpha value is -0.300. The molecule has 0 N–H and O–H groups in total. The van der Waals surface area contributed by atoms with E-state index in [1.807, 2.05) is 6.08 Å². The Labute approximate surface area is 75.8 Å². The molecule has 0 saturated heterocycles. The molecule has 0 unspecified atom stereocenters. The number of ether oxygens (including phenoxy) is 1. The van der Waals surface area contributed by atoms with Crippen LogP contribution in [0.1, 0.15) is 39.0 Å². The maximum absolute atomic E-state index is 5.61. The number of hydrogen-bond donors (Lipinski definition) is 0. The first-order valence-corrected chi connectivity index (χ1v) is 5.09. The highest BCUT2D eigenvalue weighted by molar-refractivity contribution is 4.73. The lowest BCUT2D eigenvalue weighted by atomic mass is 9.86. The molecule has 0 amide bonds. The van der Waals surface area contributed by atoms with E-state index in [0.717, 1.165) is 12.5 Å². The summed E-state index contributed by atoms with van der Waals surface area (Å²) in [6, 6.07) is 0. The van der Waals surface area contributed by atoms with Crippen LogP contribution in [0, 0.1) is 5.92 Å². The van der Waals surface area contributed by atoms with Crippen LogP contribution in [0.25, 0.3) is 0 Å². The van der Waals surface area contributed by atoms with E-state index in [9.17, 15) is 0 Å². The fourth-order valence-electron chi connectivity index (χ4n) is 1.91. The minimum Gasteiger partial charge on any atom is -0.374 e. The summed E-state index contributed by atoms with van der Waals surface area (Å²) in [5, 5.41) is 0. The summed E-state index contributed by atoms with van der Waals surface area (Å²) in [7, 11) is 0. The van der Waals surface area contributed by atoms with Gasteiger partial charge in [0, 0.05) is 0 Å². The van der Waals surface area contributed by atoms with Gasteiger partial charge in [0.2, 0.25) is 0 Å². The third-order valence-electron chi connectivity index (χ3n) is 2.82. The van der Waals surface area contributed by atoms with Crippen molar-refractivity contribution in [2.24, 2.45) is 5.92 Å². The summed E-state index contributed by atoms with van der Waals surface area (Å²) >= 11 is 0. The van der Waals surface area contributed by atoms with Gasteiger partial charge in [0.25, 0.3) is 0 Å². The van der Waals surface area contributed by atoms with Crippen LogP contribution in [0.5, 0.6) is 0 Å². The van der Waals surface area contributed by atoms with E-state index in [-0.39, 0.29) is 0 Å². The predicted octanol–water partition coefficient (Wildman–Crippen LogP) is 3.16. The minimum absolute atomic E-state index is 0.519. The summed E-state index contributed by atoms with van der Waals surface area (Å²) < 4.78 is 5.61. The topological polar surface area (TPSA) is 9.23 Å². The van der Waals surface area contributed by atoms with Crippen molar-refractivity contribution < 1.29 is 4.74 Å². The molecule has 0 spiro atoms. The van der Waals surface area contributed by atoms with Gasteiger partial charge in [-0.05, 0) is 31.6 Å². The SMILES string of the molecule is C=CCOC1CCC(CC)CC1. The summed E-state index contributed by atoms with van der Waals surface area (Å²) in [5.41, 5.74) is 0. The van der Waals surface area contributed by atoms with Gasteiger partial charge in [-0.25, -0.2) is 0 Å². The Morgan fingerprint density at radius 1 is 1.33 bits per heavy atom. The molecule has 1 nitrogen and oxygen atoms in total. The van der Waals surface area contributed by atoms with E-state index < -0.39 is 0 Å².